The summed E-state index contributed by atoms with van der Waals surface area (Å²) >= 11 is 0. The summed E-state index contributed by atoms with van der Waals surface area (Å²) in [6.45, 7) is 0. The molecule has 4 saturated carbocycles. The van der Waals surface area contributed by atoms with E-state index in [1.54, 1.807) is 5.56 Å². The highest BCUT2D eigenvalue weighted by Gasteiger charge is 2.61. The number of hydrogen-bond acceptors (Lipinski definition) is 4. The van der Waals surface area contributed by atoms with Gasteiger partial charge in [0.15, 0.2) is 5.82 Å². The minimum absolute atomic E-state index is 0.114. The Morgan fingerprint density at radius 3 is 2.00 bits per heavy atom. The van der Waals surface area contributed by atoms with Crippen LogP contribution in [0.2, 0.25) is 0 Å². The van der Waals surface area contributed by atoms with Crippen molar-refractivity contribution in [2.24, 2.45) is 23.7 Å². The van der Waals surface area contributed by atoms with Crippen LogP contribution in [-0.2, 0) is 5.41 Å². The molecule has 4 heteroatoms. The van der Waals surface area contributed by atoms with Gasteiger partial charge >= 0.3 is 0 Å². The van der Waals surface area contributed by atoms with Crippen molar-refractivity contribution in [3.63, 3.8) is 0 Å². The third kappa shape index (κ3) is 3.83. The second-order valence-electron chi connectivity index (χ2n) is 16.5. The predicted molar refractivity (Wildman–Crippen MR) is 216 cm³/mol. The number of fused-ring (bicyclic) bond motifs is 10. The highest BCUT2D eigenvalue weighted by molar-refractivity contribution is 6.13. The summed E-state index contributed by atoms with van der Waals surface area (Å²) in [4.78, 5) is 10.4. The summed E-state index contributed by atoms with van der Waals surface area (Å²) < 4.78 is 13.5. The quantitative estimate of drug-likeness (QED) is 0.184. The van der Waals surface area contributed by atoms with Crippen LogP contribution in [0.1, 0.15) is 43.2 Å². The highest BCUT2D eigenvalue weighted by Crippen LogP contribution is 2.70. The molecule has 54 heavy (non-hydrogen) atoms. The van der Waals surface area contributed by atoms with Crippen LogP contribution in [0.5, 0.6) is 0 Å². The van der Waals surface area contributed by atoms with E-state index < -0.39 is 0 Å². The second-order valence-corrected chi connectivity index (χ2v) is 16.5. The van der Waals surface area contributed by atoms with Crippen molar-refractivity contribution < 1.29 is 8.83 Å². The van der Waals surface area contributed by atoms with Crippen LogP contribution in [-0.4, -0.2) is 9.97 Å². The van der Waals surface area contributed by atoms with Crippen LogP contribution < -0.4 is 0 Å². The Morgan fingerprint density at radius 1 is 0.463 bits per heavy atom. The average molecular weight is 697 g/mol. The molecule has 5 aliphatic carbocycles. The largest absolute Gasteiger partial charge is 0.455 e. The fraction of sp³-hybridized carbons (Fsp3) is 0.200. The van der Waals surface area contributed by atoms with Crippen molar-refractivity contribution in [3.8, 4) is 45.0 Å². The van der Waals surface area contributed by atoms with E-state index in [2.05, 4.69) is 115 Å². The van der Waals surface area contributed by atoms with Crippen LogP contribution >= 0.6 is 0 Å². The van der Waals surface area contributed by atoms with Crippen molar-refractivity contribution in [1.82, 2.24) is 9.97 Å². The first-order valence-corrected chi connectivity index (χ1v) is 19.7. The fourth-order valence-corrected chi connectivity index (χ4v) is 12.0. The number of hydrogen-bond donors (Lipinski definition) is 0. The molecule has 0 saturated heterocycles. The van der Waals surface area contributed by atoms with Gasteiger partial charge in [-0.05, 0) is 103 Å². The minimum atomic E-state index is 0.114. The van der Waals surface area contributed by atoms with Gasteiger partial charge in [0.25, 0.3) is 0 Å². The fourth-order valence-electron chi connectivity index (χ4n) is 12.0. The lowest BCUT2D eigenvalue weighted by Crippen LogP contribution is -2.55. The number of nitrogens with zero attached hydrogens (tertiary/aromatic N) is 2. The Balaban J connectivity index is 1.00. The van der Waals surface area contributed by atoms with Crippen LogP contribution in [0.4, 0.5) is 0 Å². The highest BCUT2D eigenvalue weighted by atomic mass is 16.3. The van der Waals surface area contributed by atoms with Crippen molar-refractivity contribution in [3.05, 3.63) is 145 Å². The van der Waals surface area contributed by atoms with Gasteiger partial charge in [-0.15, -0.1) is 0 Å². The number of rotatable bonds is 3. The Hall–Kier alpha value is -6.00. The Bertz CT molecular complexity index is 3000. The van der Waals surface area contributed by atoms with Gasteiger partial charge < -0.3 is 8.83 Å². The van der Waals surface area contributed by atoms with Gasteiger partial charge in [0.05, 0.1) is 11.4 Å². The molecule has 9 aromatic rings. The first kappa shape index (κ1) is 29.5. The standard InChI is InChI=1S/C50H36N2O2/c1-2-9-30(10-3-1)42-27-43(39-14-8-13-36-34-11-5-7-16-44(34)53-47(36)39)52-49(51-42)31-17-18-35-37-19-20-41-46(48(37)54-45(35)26-31)38-12-4-6-15-40(38)50(41)32-22-28-21-29(24-32)25-33(50)23-28/h1-20,26-29,32-33H,21-25H2. The maximum atomic E-state index is 7.05. The van der Waals surface area contributed by atoms with E-state index in [-0.39, 0.29) is 5.41 Å². The van der Waals surface area contributed by atoms with Gasteiger partial charge in [0, 0.05) is 49.2 Å². The zero-order valence-corrected chi connectivity index (χ0v) is 29.8. The number of furan rings is 2. The Kier molecular flexibility index (Phi) is 5.77. The van der Waals surface area contributed by atoms with Gasteiger partial charge in [-0.1, -0.05) is 103 Å². The SMILES string of the molecule is c1ccc(-c2cc(-c3cccc4c3oc3ccccc34)nc(-c3ccc4c(c3)oc3c5c(ccc34)C3(c4ccccc4-5)C4CC5CC(C4)CC3C5)n2)cc1. The third-order valence-electron chi connectivity index (χ3n) is 13.9. The summed E-state index contributed by atoms with van der Waals surface area (Å²) in [5.41, 5.74) is 14.1. The molecule has 4 bridgehead atoms. The van der Waals surface area contributed by atoms with Gasteiger partial charge in [0.1, 0.15) is 22.3 Å². The summed E-state index contributed by atoms with van der Waals surface area (Å²) in [6.07, 6.45) is 6.94. The van der Waals surface area contributed by atoms with Crippen LogP contribution in [0.3, 0.4) is 0 Å². The van der Waals surface area contributed by atoms with E-state index in [9.17, 15) is 0 Å². The lowest BCUT2D eigenvalue weighted by molar-refractivity contribution is -0.0399. The molecule has 4 nitrogen and oxygen atoms in total. The molecule has 0 amide bonds. The molecule has 0 unspecified atom stereocenters. The van der Waals surface area contributed by atoms with Crippen molar-refractivity contribution in [2.45, 2.75) is 37.5 Å². The van der Waals surface area contributed by atoms with Crippen molar-refractivity contribution >= 4 is 43.9 Å². The molecular formula is C50H36N2O2. The minimum Gasteiger partial charge on any atom is -0.455 e. The lowest BCUT2D eigenvalue weighted by atomic mass is 9.43. The van der Waals surface area contributed by atoms with E-state index in [4.69, 9.17) is 18.8 Å². The molecule has 0 aliphatic heterocycles. The first-order valence-electron chi connectivity index (χ1n) is 19.7. The zero-order valence-electron chi connectivity index (χ0n) is 29.8. The van der Waals surface area contributed by atoms with Gasteiger partial charge in [-0.3, -0.25) is 0 Å². The molecule has 3 heterocycles. The number of para-hydroxylation sites is 2. The lowest BCUT2D eigenvalue weighted by Gasteiger charge is -2.61. The molecule has 6 aromatic carbocycles. The molecule has 3 aromatic heterocycles. The van der Waals surface area contributed by atoms with Crippen LogP contribution in [0.25, 0.3) is 88.9 Å². The van der Waals surface area contributed by atoms with E-state index in [1.165, 1.54) is 54.2 Å². The smallest absolute Gasteiger partial charge is 0.160 e. The van der Waals surface area contributed by atoms with E-state index in [1.807, 2.05) is 18.2 Å². The summed E-state index contributed by atoms with van der Waals surface area (Å²) in [6, 6.07) is 47.6. The predicted octanol–water partition coefficient (Wildman–Crippen LogP) is 13.0. The van der Waals surface area contributed by atoms with Crippen molar-refractivity contribution in [2.75, 3.05) is 0 Å². The summed E-state index contributed by atoms with van der Waals surface area (Å²) in [5.74, 6) is 3.93. The molecule has 258 valence electrons. The number of benzene rings is 6. The van der Waals surface area contributed by atoms with Gasteiger partial charge in [-0.2, -0.15) is 0 Å². The normalized spacial score (nSPS) is 23.6. The first-order chi connectivity index (χ1) is 26.7. The molecule has 0 radical (unpaired) electrons. The van der Waals surface area contributed by atoms with Gasteiger partial charge in [0.2, 0.25) is 0 Å². The molecular weight excluding hydrogens is 661 g/mol. The second kappa shape index (κ2) is 10.6. The van der Waals surface area contributed by atoms with E-state index >= 15 is 0 Å². The summed E-state index contributed by atoms with van der Waals surface area (Å²) in [5, 5.41) is 4.50. The topological polar surface area (TPSA) is 52.1 Å². The molecule has 5 aliphatic rings. The van der Waals surface area contributed by atoms with Crippen molar-refractivity contribution in [1.29, 1.82) is 0 Å². The van der Waals surface area contributed by atoms with Crippen LogP contribution in [0.15, 0.2) is 142 Å². The number of aromatic nitrogens is 2. The van der Waals surface area contributed by atoms with Gasteiger partial charge in [-0.25, -0.2) is 9.97 Å². The molecule has 0 N–H and O–H groups in total. The summed E-state index contributed by atoms with van der Waals surface area (Å²) in [7, 11) is 0. The molecule has 0 atom stereocenters. The Labute approximate surface area is 312 Å². The third-order valence-corrected chi connectivity index (χ3v) is 13.9. The van der Waals surface area contributed by atoms with E-state index in [0.717, 1.165) is 90.2 Å². The maximum Gasteiger partial charge on any atom is 0.160 e. The maximum absolute atomic E-state index is 7.05. The molecule has 1 spiro atoms. The van der Waals surface area contributed by atoms with E-state index in [0.29, 0.717) is 5.82 Å². The average Bonchev–Trinajstić information content (AvgIpc) is 3.88. The molecule has 14 rings (SSSR count). The monoisotopic (exact) mass is 696 g/mol. The Morgan fingerprint density at radius 2 is 1.13 bits per heavy atom. The zero-order chi connectivity index (χ0) is 35.1. The van der Waals surface area contributed by atoms with Crippen LogP contribution in [0, 0.1) is 23.7 Å². The molecule has 4 fully saturated rings.